The summed E-state index contributed by atoms with van der Waals surface area (Å²) < 4.78 is 0. The molecule has 0 saturated carbocycles. The Balaban J connectivity index is 2.15. The van der Waals surface area contributed by atoms with Gasteiger partial charge in [-0.05, 0) is 31.0 Å². The highest BCUT2D eigenvalue weighted by molar-refractivity contribution is 7.11. The topological polar surface area (TPSA) is 38.9 Å². The number of thiazole rings is 1. The molecule has 2 aromatic rings. The number of nitrogens with two attached hydrogens (primary N) is 1. The second kappa shape index (κ2) is 5.36. The van der Waals surface area contributed by atoms with Gasteiger partial charge in [0.1, 0.15) is 0 Å². The van der Waals surface area contributed by atoms with Gasteiger partial charge >= 0.3 is 0 Å². The molecule has 5 heteroatoms. The summed E-state index contributed by atoms with van der Waals surface area (Å²) in [5.41, 5.74) is 7.13. The summed E-state index contributed by atoms with van der Waals surface area (Å²) in [4.78, 5) is 5.28. The summed E-state index contributed by atoms with van der Waals surface area (Å²) >= 11 is 13.6. The molecule has 0 aliphatic rings. The lowest BCUT2D eigenvalue weighted by Crippen LogP contribution is -2.12. The van der Waals surface area contributed by atoms with E-state index in [0.717, 1.165) is 15.4 Å². The van der Waals surface area contributed by atoms with E-state index in [1.165, 1.54) is 0 Å². The van der Waals surface area contributed by atoms with E-state index < -0.39 is 0 Å². The molecule has 1 heterocycles. The summed E-state index contributed by atoms with van der Waals surface area (Å²) in [7, 11) is 0. The van der Waals surface area contributed by atoms with Crippen LogP contribution in [0.1, 0.15) is 21.5 Å². The molecule has 17 heavy (non-hydrogen) atoms. The van der Waals surface area contributed by atoms with Crippen LogP contribution in [0.5, 0.6) is 0 Å². The Morgan fingerprint density at radius 1 is 1.41 bits per heavy atom. The van der Waals surface area contributed by atoms with Gasteiger partial charge in [-0.15, -0.1) is 11.3 Å². The van der Waals surface area contributed by atoms with E-state index in [2.05, 4.69) is 4.98 Å². The van der Waals surface area contributed by atoms with Gasteiger partial charge in [-0.25, -0.2) is 4.98 Å². The highest BCUT2D eigenvalue weighted by Crippen LogP contribution is 2.27. The summed E-state index contributed by atoms with van der Waals surface area (Å²) in [6.07, 6.45) is 2.52. The molecule has 0 bridgehead atoms. The zero-order chi connectivity index (χ0) is 12.4. The van der Waals surface area contributed by atoms with Crippen LogP contribution in [0.3, 0.4) is 0 Å². The lowest BCUT2D eigenvalue weighted by atomic mass is 10.1. The van der Waals surface area contributed by atoms with Crippen molar-refractivity contribution in [1.29, 1.82) is 0 Å². The molecule has 0 radical (unpaired) electrons. The van der Waals surface area contributed by atoms with E-state index in [1.807, 2.05) is 25.3 Å². The highest BCUT2D eigenvalue weighted by atomic mass is 35.5. The van der Waals surface area contributed by atoms with Gasteiger partial charge in [-0.1, -0.05) is 29.3 Å². The van der Waals surface area contributed by atoms with Crippen LogP contribution in [-0.2, 0) is 6.42 Å². The fourth-order valence-corrected chi connectivity index (χ4v) is 2.85. The maximum Gasteiger partial charge on any atom is 0.0897 e. The van der Waals surface area contributed by atoms with Crippen LogP contribution in [0, 0.1) is 6.92 Å². The van der Waals surface area contributed by atoms with E-state index >= 15 is 0 Å². The number of benzene rings is 1. The summed E-state index contributed by atoms with van der Waals surface area (Å²) in [6.45, 7) is 1.97. The van der Waals surface area contributed by atoms with E-state index in [9.17, 15) is 0 Å². The summed E-state index contributed by atoms with van der Waals surface area (Å²) in [5.74, 6) is 0. The highest BCUT2D eigenvalue weighted by Gasteiger charge is 2.12. The monoisotopic (exact) mass is 286 g/mol. The van der Waals surface area contributed by atoms with E-state index in [-0.39, 0.29) is 6.04 Å². The predicted octanol–water partition coefficient (Wildman–Crippen LogP) is 4.00. The Kier molecular flexibility index (Phi) is 4.05. The van der Waals surface area contributed by atoms with Crippen molar-refractivity contribution in [1.82, 2.24) is 4.98 Å². The quantitative estimate of drug-likeness (QED) is 0.926. The fraction of sp³-hybridized carbons (Fsp3) is 0.250. The molecular weight excluding hydrogens is 275 g/mol. The fourth-order valence-electron chi connectivity index (χ4n) is 1.57. The average Bonchev–Trinajstić information content (AvgIpc) is 2.69. The number of halogens is 2. The third-order valence-electron chi connectivity index (χ3n) is 2.46. The van der Waals surface area contributed by atoms with Gasteiger partial charge in [0.15, 0.2) is 0 Å². The molecule has 0 fully saturated rings. The Hall–Kier alpha value is -0.610. The van der Waals surface area contributed by atoms with Crippen molar-refractivity contribution < 1.29 is 0 Å². The number of hydrogen-bond donors (Lipinski definition) is 1. The smallest absolute Gasteiger partial charge is 0.0897 e. The third-order valence-corrected chi connectivity index (χ3v) is 4.09. The number of rotatable bonds is 3. The minimum atomic E-state index is -0.0696. The second-order valence-corrected chi connectivity index (χ2v) is 5.94. The predicted molar refractivity (Wildman–Crippen MR) is 73.9 cm³/mol. The first kappa shape index (κ1) is 12.8. The van der Waals surface area contributed by atoms with Crippen LogP contribution in [0.2, 0.25) is 10.0 Å². The Morgan fingerprint density at radius 3 is 2.76 bits per heavy atom. The number of aryl methyl sites for hydroxylation is 1. The standard InChI is InChI=1S/C12H12Cl2N2S/c1-7-16-6-12(17-7)11(15)4-8-2-3-9(13)5-10(8)14/h2-3,5-6,11H,4,15H2,1H3. The van der Waals surface area contributed by atoms with Crippen molar-refractivity contribution in [3.63, 3.8) is 0 Å². The molecule has 90 valence electrons. The van der Waals surface area contributed by atoms with Crippen molar-refractivity contribution in [2.75, 3.05) is 0 Å². The lowest BCUT2D eigenvalue weighted by Gasteiger charge is -2.10. The van der Waals surface area contributed by atoms with Crippen LogP contribution in [0.15, 0.2) is 24.4 Å². The third kappa shape index (κ3) is 3.19. The van der Waals surface area contributed by atoms with E-state index in [0.29, 0.717) is 16.5 Å². The molecule has 0 amide bonds. The van der Waals surface area contributed by atoms with Gasteiger partial charge in [0, 0.05) is 27.2 Å². The molecular formula is C12H12Cl2N2S. The number of aromatic nitrogens is 1. The summed E-state index contributed by atoms with van der Waals surface area (Å²) in [6, 6.07) is 5.41. The van der Waals surface area contributed by atoms with Crippen LogP contribution >= 0.6 is 34.5 Å². The van der Waals surface area contributed by atoms with E-state index in [4.69, 9.17) is 28.9 Å². The molecule has 0 aliphatic carbocycles. The van der Waals surface area contributed by atoms with Gasteiger partial charge < -0.3 is 5.73 Å². The Labute approximate surface area is 114 Å². The Morgan fingerprint density at radius 2 is 2.18 bits per heavy atom. The SMILES string of the molecule is Cc1ncc(C(N)Cc2ccc(Cl)cc2Cl)s1. The first-order chi connectivity index (χ1) is 8.06. The maximum atomic E-state index is 6.13. The van der Waals surface area contributed by atoms with Gasteiger partial charge in [0.05, 0.1) is 5.01 Å². The van der Waals surface area contributed by atoms with Crippen LogP contribution in [0.25, 0.3) is 0 Å². The molecule has 2 rings (SSSR count). The maximum absolute atomic E-state index is 6.13. The van der Waals surface area contributed by atoms with Crippen LogP contribution in [-0.4, -0.2) is 4.98 Å². The van der Waals surface area contributed by atoms with Crippen LogP contribution in [0.4, 0.5) is 0 Å². The second-order valence-electron chi connectivity index (χ2n) is 3.83. The van der Waals surface area contributed by atoms with Gasteiger partial charge in [0.2, 0.25) is 0 Å². The van der Waals surface area contributed by atoms with Gasteiger partial charge in [0.25, 0.3) is 0 Å². The first-order valence-electron chi connectivity index (χ1n) is 5.18. The molecule has 1 aromatic heterocycles. The van der Waals surface area contributed by atoms with Crippen molar-refractivity contribution in [3.8, 4) is 0 Å². The summed E-state index contributed by atoms with van der Waals surface area (Å²) in [5, 5.41) is 2.33. The van der Waals surface area contributed by atoms with Crippen molar-refractivity contribution in [3.05, 3.63) is 49.9 Å². The number of nitrogens with zero attached hydrogens (tertiary/aromatic N) is 1. The molecule has 1 atom stereocenters. The molecule has 0 aliphatic heterocycles. The minimum Gasteiger partial charge on any atom is -0.323 e. The molecule has 0 spiro atoms. The largest absolute Gasteiger partial charge is 0.323 e. The van der Waals surface area contributed by atoms with Crippen molar-refractivity contribution in [2.45, 2.75) is 19.4 Å². The average molecular weight is 287 g/mol. The lowest BCUT2D eigenvalue weighted by molar-refractivity contribution is 0.734. The van der Waals surface area contributed by atoms with E-state index in [1.54, 1.807) is 17.4 Å². The molecule has 2 N–H and O–H groups in total. The van der Waals surface area contributed by atoms with Gasteiger partial charge in [-0.3, -0.25) is 0 Å². The molecule has 0 saturated heterocycles. The zero-order valence-electron chi connectivity index (χ0n) is 9.28. The van der Waals surface area contributed by atoms with Crippen molar-refractivity contribution in [2.24, 2.45) is 5.73 Å². The normalized spacial score (nSPS) is 12.7. The zero-order valence-corrected chi connectivity index (χ0v) is 11.6. The molecule has 1 unspecified atom stereocenters. The van der Waals surface area contributed by atoms with Crippen molar-refractivity contribution >= 4 is 34.5 Å². The minimum absolute atomic E-state index is 0.0696. The molecule has 1 aromatic carbocycles. The van der Waals surface area contributed by atoms with Crippen LogP contribution < -0.4 is 5.73 Å². The number of hydrogen-bond acceptors (Lipinski definition) is 3. The Bertz CT molecular complexity index is 525. The molecule has 2 nitrogen and oxygen atoms in total. The van der Waals surface area contributed by atoms with Gasteiger partial charge in [-0.2, -0.15) is 0 Å². The first-order valence-corrected chi connectivity index (χ1v) is 6.75.